The van der Waals surface area contributed by atoms with E-state index in [0.717, 1.165) is 0 Å². The third-order valence-electron chi connectivity index (χ3n) is 4.16. The summed E-state index contributed by atoms with van der Waals surface area (Å²) >= 11 is 4.50. The molecule has 3 aromatic rings. The van der Waals surface area contributed by atoms with Gasteiger partial charge in [0.25, 0.3) is 5.91 Å². The molecule has 0 atom stereocenters. The Kier molecular flexibility index (Phi) is 5.43. The summed E-state index contributed by atoms with van der Waals surface area (Å²) in [5, 5.41) is 3.12. The number of sulfonamides is 1. The molecule has 1 N–H and O–H groups in total. The Morgan fingerprint density at radius 3 is 2.75 bits per heavy atom. The summed E-state index contributed by atoms with van der Waals surface area (Å²) in [6.07, 6.45) is 3.05. The van der Waals surface area contributed by atoms with Crippen molar-refractivity contribution in [2.24, 2.45) is 0 Å². The number of amides is 1. The SMILES string of the molecule is O=C(Nc1nc2ccc(S(=O)(=O)N3CCOCC3)cc2s1)c1cncc(Br)c1. The van der Waals surface area contributed by atoms with Gasteiger partial charge in [0.15, 0.2) is 5.13 Å². The average molecular weight is 483 g/mol. The van der Waals surface area contributed by atoms with Crippen LogP contribution in [-0.2, 0) is 14.8 Å². The maximum Gasteiger partial charge on any atom is 0.259 e. The van der Waals surface area contributed by atoms with E-state index in [1.54, 1.807) is 24.4 Å². The number of aromatic nitrogens is 2. The van der Waals surface area contributed by atoms with Gasteiger partial charge in [-0.05, 0) is 40.2 Å². The first-order valence-corrected chi connectivity index (χ1v) is 11.4. The number of benzene rings is 1. The van der Waals surface area contributed by atoms with E-state index in [0.29, 0.717) is 51.7 Å². The lowest BCUT2D eigenvalue weighted by molar-refractivity contribution is 0.0730. The zero-order valence-corrected chi connectivity index (χ0v) is 17.7. The van der Waals surface area contributed by atoms with E-state index in [9.17, 15) is 13.2 Å². The number of rotatable bonds is 4. The number of pyridine rings is 1. The van der Waals surface area contributed by atoms with Gasteiger partial charge in [0.1, 0.15) is 0 Å². The number of carbonyl (C=O) groups excluding carboxylic acids is 1. The highest BCUT2D eigenvalue weighted by molar-refractivity contribution is 9.10. The highest BCUT2D eigenvalue weighted by atomic mass is 79.9. The molecule has 1 aliphatic rings. The first-order valence-electron chi connectivity index (χ1n) is 8.34. The lowest BCUT2D eigenvalue weighted by Gasteiger charge is -2.25. The van der Waals surface area contributed by atoms with Crippen LogP contribution in [0, 0.1) is 0 Å². The first-order chi connectivity index (χ1) is 13.4. The van der Waals surface area contributed by atoms with Gasteiger partial charge in [0, 0.05) is 30.0 Å². The Balaban J connectivity index is 1.59. The van der Waals surface area contributed by atoms with Crippen LogP contribution in [0.5, 0.6) is 0 Å². The molecule has 146 valence electrons. The van der Waals surface area contributed by atoms with E-state index in [-0.39, 0.29) is 10.8 Å². The van der Waals surface area contributed by atoms with Crippen LogP contribution in [0.25, 0.3) is 10.2 Å². The Morgan fingerprint density at radius 2 is 2.00 bits per heavy atom. The van der Waals surface area contributed by atoms with Gasteiger partial charge in [0.05, 0.1) is 33.9 Å². The summed E-state index contributed by atoms with van der Waals surface area (Å²) in [5.41, 5.74) is 1.01. The van der Waals surface area contributed by atoms with Gasteiger partial charge in [-0.15, -0.1) is 0 Å². The van der Waals surface area contributed by atoms with Crippen LogP contribution in [0.3, 0.4) is 0 Å². The van der Waals surface area contributed by atoms with Crippen molar-refractivity contribution in [1.82, 2.24) is 14.3 Å². The van der Waals surface area contributed by atoms with E-state index in [2.05, 4.69) is 31.2 Å². The van der Waals surface area contributed by atoms with Crippen LogP contribution in [0.1, 0.15) is 10.4 Å². The minimum absolute atomic E-state index is 0.208. The van der Waals surface area contributed by atoms with E-state index in [1.165, 1.54) is 27.9 Å². The second kappa shape index (κ2) is 7.84. The fraction of sp³-hybridized carbons (Fsp3) is 0.235. The molecule has 0 unspecified atom stereocenters. The molecule has 1 aromatic carbocycles. The van der Waals surface area contributed by atoms with Crippen LogP contribution < -0.4 is 5.32 Å². The molecular formula is C17H15BrN4O4S2. The van der Waals surface area contributed by atoms with Crippen LogP contribution in [0.15, 0.2) is 46.0 Å². The van der Waals surface area contributed by atoms with Crippen LogP contribution in [0.2, 0.25) is 0 Å². The first kappa shape index (κ1) is 19.4. The summed E-state index contributed by atoms with van der Waals surface area (Å²) in [5.74, 6) is -0.339. The van der Waals surface area contributed by atoms with Crippen molar-refractivity contribution >= 4 is 58.5 Å². The van der Waals surface area contributed by atoms with E-state index < -0.39 is 10.0 Å². The minimum Gasteiger partial charge on any atom is -0.379 e. The van der Waals surface area contributed by atoms with Gasteiger partial charge >= 0.3 is 0 Å². The third kappa shape index (κ3) is 3.94. The molecule has 4 rings (SSSR count). The topological polar surface area (TPSA) is 101 Å². The second-order valence-electron chi connectivity index (χ2n) is 6.01. The molecule has 0 aliphatic carbocycles. The second-order valence-corrected chi connectivity index (χ2v) is 9.90. The van der Waals surface area contributed by atoms with Crippen LogP contribution in [0.4, 0.5) is 5.13 Å². The molecule has 11 heteroatoms. The summed E-state index contributed by atoms with van der Waals surface area (Å²) in [6, 6.07) is 6.43. The van der Waals surface area contributed by atoms with Crippen LogP contribution in [-0.4, -0.2) is 54.9 Å². The average Bonchev–Trinajstić information content (AvgIpc) is 3.10. The number of morpholine rings is 1. The summed E-state index contributed by atoms with van der Waals surface area (Å²) in [4.78, 5) is 20.9. The molecule has 28 heavy (non-hydrogen) atoms. The predicted molar refractivity (Wildman–Crippen MR) is 109 cm³/mol. The van der Waals surface area contributed by atoms with Crippen LogP contribution >= 0.6 is 27.3 Å². The van der Waals surface area contributed by atoms with Crippen molar-refractivity contribution in [3.05, 3.63) is 46.7 Å². The molecule has 1 saturated heterocycles. The maximum atomic E-state index is 12.8. The van der Waals surface area contributed by atoms with Crippen molar-refractivity contribution < 1.29 is 17.9 Å². The molecule has 8 nitrogen and oxygen atoms in total. The monoisotopic (exact) mass is 482 g/mol. The summed E-state index contributed by atoms with van der Waals surface area (Å²) < 4.78 is 33.6. The van der Waals surface area contributed by atoms with E-state index in [4.69, 9.17) is 4.74 Å². The maximum absolute atomic E-state index is 12.8. The quantitative estimate of drug-likeness (QED) is 0.613. The van der Waals surface area contributed by atoms with Gasteiger partial charge in [0.2, 0.25) is 10.0 Å². The van der Waals surface area contributed by atoms with E-state index in [1.807, 2.05) is 0 Å². The number of nitrogens with one attached hydrogen (secondary N) is 1. The third-order valence-corrected chi connectivity index (χ3v) is 7.42. The Hall–Kier alpha value is -1.92. The zero-order chi connectivity index (χ0) is 19.7. The number of hydrogen-bond donors (Lipinski definition) is 1. The van der Waals surface area contributed by atoms with Crippen molar-refractivity contribution in [1.29, 1.82) is 0 Å². The fourth-order valence-electron chi connectivity index (χ4n) is 2.76. The summed E-state index contributed by atoms with van der Waals surface area (Å²) in [7, 11) is -3.58. The van der Waals surface area contributed by atoms with Gasteiger partial charge in [-0.3, -0.25) is 15.1 Å². The smallest absolute Gasteiger partial charge is 0.259 e. The Morgan fingerprint density at radius 1 is 1.21 bits per heavy atom. The van der Waals surface area contributed by atoms with Gasteiger partial charge in [-0.2, -0.15) is 4.31 Å². The zero-order valence-electron chi connectivity index (χ0n) is 14.5. The Labute approximate surface area is 173 Å². The number of fused-ring (bicyclic) bond motifs is 1. The normalized spacial score (nSPS) is 15.6. The molecule has 0 bridgehead atoms. The molecule has 0 radical (unpaired) electrons. The van der Waals surface area contributed by atoms with E-state index >= 15 is 0 Å². The minimum atomic E-state index is -3.58. The van der Waals surface area contributed by atoms with Gasteiger partial charge < -0.3 is 4.74 Å². The predicted octanol–water partition coefficient (Wildman–Crippen LogP) is 2.73. The summed E-state index contributed by atoms with van der Waals surface area (Å²) in [6.45, 7) is 1.46. The largest absolute Gasteiger partial charge is 0.379 e. The molecule has 1 amide bonds. The molecule has 3 heterocycles. The number of anilines is 1. The lowest BCUT2D eigenvalue weighted by atomic mass is 10.3. The molecule has 1 fully saturated rings. The number of hydrogen-bond acceptors (Lipinski definition) is 7. The standard InChI is InChI=1S/C17H15BrN4O4S2/c18-12-7-11(9-19-10-12)16(23)21-17-20-14-2-1-13(8-15(14)27-17)28(24,25)22-3-5-26-6-4-22/h1-2,7-10H,3-6H2,(H,20,21,23). The molecule has 0 spiro atoms. The number of nitrogens with zero attached hydrogens (tertiary/aromatic N) is 3. The number of carbonyl (C=O) groups is 1. The number of ether oxygens (including phenoxy) is 1. The van der Waals surface area contributed by atoms with Crippen molar-refractivity contribution in [3.63, 3.8) is 0 Å². The molecular weight excluding hydrogens is 468 g/mol. The number of halogens is 1. The van der Waals surface area contributed by atoms with Gasteiger partial charge in [-0.1, -0.05) is 11.3 Å². The molecule has 1 aliphatic heterocycles. The molecule has 2 aromatic heterocycles. The van der Waals surface area contributed by atoms with Crippen molar-refractivity contribution in [2.45, 2.75) is 4.90 Å². The highest BCUT2D eigenvalue weighted by Gasteiger charge is 2.26. The van der Waals surface area contributed by atoms with Gasteiger partial charge in [-0.25, -0.2) is 13.4 Å². The lowest BCUT2D eigenvalue weighted by Crippen LogP contribution is -2.40. The van der Waals surface area contributed by atoms with Crippen molar-refractivity contribution in [3.8, 4) is 0 Å². The number of thiazole rings is 1. The molecule has 0 saturated carbocycles. The Bertz CT molecular complexity index is 1140. The highest BCUT2D eigenvalue weighted by Crippen LogP contribution is 2.29. The van der Waals surface area contributed by atoms with Crippen molar-refractivity contribution in [2.75, 3.05) is 31.6 Å². The fourth-order valence-corrected chi connectivity index (χ4v) is 5.53.